The molecule has 0 rings (SSSR count). The van der Waals surface area contributed by atoms with Crippen LogP contribution >= 0.6 is 7.60 Å². The fourth-order valence-corrected chi connectivity index (χ4v) is 1.46. The van der Waals surface area contributed by atoms with E-state index in [-0.39, 0.29) is 0 Å². The molecule has 0 radical (unpaired) electrons. The Labute approximate surface area is 102 Å². The molecule has 0 aromatic heterocycles. The van der Waals surface area contributed by atoms with E-state index in [1.54, 1.807) is 0 Å². The molecule has 0 heterocycles. The second-order valence-electron chi connectivity index (χ2n) is 3.44. The van der Waals surface area contributed by atoms with Gasteiger partial charge in [0.1, 0.15) is 13.2 Å². The molecule has 0 atom stereocenters. The molecule has 12 heteroatoms. The fraction of sp³-hybridized carbons (Fsp3) is 1.00. The van der Waals surface area contributed by atoms with E-state index in [9.17, 15) is 39.7 Å². The molecule has 0 amide bonds. The average Bonchev–Trinajstić information content (AvgIpc) is 2.24. The maximum atomic E-state index is 12.4. The fourth-order valence-electron chi connectivity index (χ4n) is 0.570. The molecule has 0 unspecified atom stereocenters. The smallest absolute Gasteiger partial charge is 0.302 e. The van der Waals surface area contributed by atoms with Crippen LogP contribution in [-0.2, 0) is 13.6 Å². The molecule has 0 bridgehead atoms. The van der Waals surface area contributed by atoms with Crippen LogP contribution in [0.4, 0.5) is 35.1 Å². The summed E-state index contributed by atoms with van der Waals surface area (Å²) in [5, 5.41) is 0. The van der Waals surface area contributed by atoms with Gasteiger partial charge in [0.2, 0.25) is 0 Å². The minimum atomic E-state index is -4.67. The van der Waals surface area contributed by atoms with Crippen molar-refractivity contribution < 1.29 is 48.7 Å². The molecule has 0 aromatic rings. The van der Waals surface area contributed by atoms with Crippen molar-refractivity contribution in [3.05, 3.63) is 0 Å². The monoisotopic (exact) mass is 324 g/mol. The van der Waals surface area contributed by atoms with Crippen LogP contribution in [0.25, 0.3) is 0 Å². The van der Waals surface area contributed by atoms with Crippen LogP contribution in [-0.4, -0.2) is 44.6 Å². The van der Waals surface area contributed by atoms with Crippen LogP contribution < -0.4 is 0 Å². The van der Waals surface area contributed by atoms with E-state index in [2.05, 4.69) is 9.05 Å². The predicted molar refractivity (Wildman–Crippen MR) is 47.3 cm³/mol. The van der Waals surface area contributed by atoms with E-state index in [1.807, 2.05) is 0 Å². The lowest BCUT2D eigenvalue weighted by molar-refractivity contribution is -0.158. The van der Waals surface area contributed by atoms with Gasteiger partial charge in [0.15, 0.2) is 0 Å². The molecule has 0 aliphatic heterocycles. The first-order chi connectivity index (χ1) is 8.30. The molecule has 0 aliphatic carbocycles. The third-order valence-electron chi connectivity index (χ3n) is 1.62. The summed E-state index contributed by atoms with van der Waals surface area (Å²) in [5.74, 6) is -9.33. The Morgan fingerprint density at radius 2 is 1.16 bits per heavy atom. The molecule has 3 nitrogen and oxygen atoms in total. The standard InChI is InChI=1S/C7H9F8O3P/c1-19(16,17-2-6(12,13)4(8)9)18-3-7(14,15)5(10)11/h4-5H,2-3H2,1H3. The van der Waals surface area contributed by atoms with E-state index in [4.69, 9.17) is 0 Å². The zero-order valence-electron chi connectivity index (χ0n) is 9.26. The van der Waals surface area contributed by atoms with Gasteiger partial charge in [-0.1, -0.05) is 0 Å². The third-order valence-corrected chi connectivity index (χ3v) is 2.82. The van der Waals surface area contributed by atoms with Gasteiger partial charge >= 0.3 is 32.3 Å². The molecule has 0 fully saturated rings. The summed E-state index contributed by atoms with van der Waals surface area (Å²) in [6.07, 6.45) is -8.26. The van der Waals surface area contributed by atoms with Crippen LogP contribution in [0.1, 0.15) is 0 Å². The van der Waals surface area contributed by atoms with Gasteiger partial charge in [0.05, 0.1) is 0 Å². The van der Waals surface area contributed by atoms with Crippen molar-refractivity contribution in [3.8, 4) is 0 Å². The quantitative estimate of drug-likeness (QED) is 0.505. The minimum absolute atomic E-state index is 0.413. The van der Waals surface area contributed by atoms with E-state index < -0.39 is 45.5 Å². The van der Waals surface area contributed by atoms with Crippen molar-refractivity contribution in [3.63, 3.8) is 0 Å². The van der Waals surface area contributed by atoms with Crippen LogP contribution in [0.3, 0.4) is 0 Å². The van der Waals surface area contributed by atoms with Gasteiger partial charge in [-0.3, -0.25) is 4.57 Å². The Kier molecular flexibility index (Phi) is 6.22. The molecule has 0 spiro atoms. The van der Waals surface area contributed by atoms with E-state index in [0.29, 0.717) is 6.66 Å². The second kappa shape index (κ2) is 6.36. The Morgan fingerprint density at radius 1 is 0.895 bits per heavy atom. The number of alkyl halides is 8. The number of rotatable bonds is 8. The van der Waals surface area contributed by atoms with Gasteiger partial charge < -0.3 is 9.05 Å². The van der Waals surface area contributed by atoms with Gasteiger partial charge in [-0.05, 0) is 0 Å². The molecule has 0 aromatic carbocycles. The highest BCUT2D eigenvalue weighted by Gasteiger charge is 2.45. The zero-order valence-corrected chi connectivity index (χ0v) is 10.2. The first-order valence-electron chi connectivity index (χ1n) is 4.49. The van der Waals surface area contributed by atoms with Gasteiger partial charge in [-0.2, -0.15) is 17.6 Å². The zero-order chi connectivity index (χ0) is 15.5. The Morgan fingerprint density at radius 3 is 1.37 bits per heavy atom. The maximum absolute atomic E-state index is 12.4. The molecular formula is C7H9F8O3P. The highest BCUT2D eigenvalue weighted by molar-refractivity contribution is 7.52. The second-order valence-corrected chi connectivity index (χ2v) is 5.50. The Hall–Kier alpha value is -0.410. The molecule has 0 N–H and O–H groups in total. The van der Waals surface area contributed by atoms with Gasteiger partial charge in [-0.25, -0.2) is 17.6 Å². The lowest BCUT2D eigenvalue weighted by Crippen LogP contribution is -2.33. The van der Waals surface area contributed by atoms with Crippen LogP contribution in [0.2, 0.25) is 0 Å². The molecule has 19 heavy (non-hydrogen) atoms. The maximum Gasteiger partial charge on any atom is 0.330 e. The molecule has 116 valence electrons. The van der Waals surface area contributed by atoms with E-state index in [1.165, 1.54) is 0 Å². The molecule has 0 saturated carbocycles. The number of halogens is 8. The van der Waals surface area contributed by atoms with Gasteiger partial charge in [-0.15, -0.1) is 0 Å². The summed E-state index contributed by atoms with van der Waals surface area (Å²) in [6.45, 7) is -3.70. The molecular weight excluding hydrogens is 315 g/mol. The van der Waals surface area contributed by atoms with Crippen molar-refractivity contribution in [2.24, 2.45) is 0 Å². The highest BCUT2D eigenvalue weighted by atomic mass is 31.2. The summed E-state index contributed by atoms with van der Waals surface area (Å²) in [7, 11) is -4.59. The minimum Gasteiger partial charge on any atom is -0.302 e. The largest absolute Gasteiger partial charge is 0.330 e. The first kappa shape index (κ1) is 18.6. The summed E-state index contributed by atoms with van der Waals surface area (Å²) in [5.41, 5.74) is 0. The lowest BCUT2D eigenvalue weighted by atomic mass is 10.4. The SMILES string of the molecule is CP(=O)(OCC(F)(F)C(F)F)OCC(F)(F)C(F)F. The predicted octanol–water partition coefficient (Wildman–Crippen LogP) is 3.64. The van der Waals surface area contributed by atoms with Crippen LogP contribution in [0.15, 0.2) is 0 Å². The van der Waals surface area contributed by atoms with Gasteiger partial charge in [0, 0.05) is 6.66 Å². The number of hydrogen-bond donors (Lipinski definition) is 0. The van der Waals surface area contributed by atoms with Crippen molar-refractivity contribution in [2.75, 3.05) is 19.9 Å². The van der Waals surface area contributed by atoms with Crippen LogP contribution in [0, 0.1) is 0 Å². The van der Waals surface area contributed by atoms with Crippen molar-refractivity contribution in [1.29, 1.82) is 0 Å². The summed E-state index contributed by atoms with van der Waals surface area (Å²) >= 11 is 0. The lowest BCUT2D eigenvalue weighted by Gasteiger charge is -2.21. The van der Waals surface area contributed by atoms with E-state index in [0.717, 1.165) is 0 Å². The van der Waals surface area contributed by atoms with Gasteiger partial charge in [0.25, 0.3) is 0 Å². The normalized spacial score (nSPS) is 14.5. The molecule has 0 aliphatic rings. The first-order valence-corrected chi connectivity index (χ1v) is 6.48. The Bertz CT molecular complexity index is 306. The third kappa shape index (κ3) is 6.53. The topological polar surface area (TPSA) is 35.5 Å². The van der Waals surface area contributed by atoms with E-state index >= 15 is 0 Å². The van der Waals surface area contributed by atoms with Crippen LogP contribution in [0.5, 0.6) is 0 Å². The van der Waals surface area contributed by atoms with Crippen molar-refractivity contribution in [1.82, 2.24) is 0 Å². The van der Waals surface area contributed by atoms with Crippen molar-refractivity contribution >= 4 is 7.60 Å². The highest BCUT2D eigenvalue weighted by Crippen LogP contribution is 2.47. The summed E-state index contributed by atoms with van der Waals surface area (Å²) in [4.78, 5) is 0. The molecule has 0 saturated heterocycles. The summed E-state index contributed by atoms with van der Waals surface area (Å²) in [6, 6.07) is 0. The summed E-state index contributed by atoms with van der Waals surface area (Å²) < 4.78 is 115. The Balaban J connectivity index is 4.39. The van der Waals surface area contributed by atoms with Crippen molar-refractivity contribution in [2.45, 2.75) is 24.7 Å². The number of hydrogen-bond acceptors (Lipinski definition) is 3. The average molecular weight is 324 g/mol.